The van der Waals surface area contributed by atoms with Crippen LogP contribution in [-0.2, 0) is 4.79 Å². The fraction of sp³-hybridized carbons (Fsp3) is 0.526. The highest BCUT2D eigenvalue weighted by molar-refractivity contribution is 7.99. The van der Waals surface area contributed by atoms with Crippen LogP contribution in [0.25, 0.3) is 0 Å². The van der Waals surface area contributed by atoms with Gasteiger partial charge in [0.15, 0.2) is 5.16 Å². The van der Waals surface area contributed by atoms with Crippen LogP contribution < -0.4 is 5.32 Å². The van der Waals surface area contributed by atoms with Gasteiger partial charge in [-0.05, 0) is 50.8 Å². The minimum atomic E-state index is -0.0836. The van der Waals surface area contributed by atoms with E-state index < -0.39 is 0 Å². The fourth-order valence-electron chi connectivity index (χ4n) is 3.59. The zero-order valence-corrected chi connectivity index (χ0v) is 17.1. The van der Waals surface area contributed by atoms with E-state index in [1.54, 1.807) is 0 Å². The minimum Gasteiger partial charge on any atom is -0.324 e. The number of nitrogens with zero attached hydrogens (tertiary/aromatic N) is 3. The van der Waals surface area contributed by atoms with Gasteiger partial charge in [0.25, 0.3) is 0 Å². The number of thioether (sulfide) groups is 1. The summed E-state index contributed by atoms with van der Waals surface area (Å²) in [6, 6.07) is 4.33. The van der Waals surface area contributed by atoms with Gasteiger partial charge in [-0.1, -0.05) is 48.7 Å². The average Bonchev–Trinajstić information content (AvgIpc) is 2.97. The molecule has 1 aromatic heterocycles. The molecule has 1 heterocycles. The second kappa shape index (κ2) is 8.44. The SMILES string of the molecule is Cc1cc(C)c(NC(=O)CSc2nnc(C)n2C2CCCCC2)c(Cl)c1. The van der Waals surface area contributed by atoms with Crippen LogP contribution in [0.3, 0.4) is 0 Å². The molecular weight excluding hydrogens is 368 g/mol. The molecule has 1 aromatic carbocycles. The van der Waals surface area contributed by atoms with Crippen molar-refractivity contribution in [3.05, 3.63) is 34.1 Å². The molecule has 7 heteroatoms. The van der Waals surface area contributed by atoms with Crippen LogP contribution in [0.4, 0.5) is 5.69 Å². The molecule has 1 aliphatic carbocycles. The number of amides is 1. The Morgan fingerprint density at radius 1 is 1.23 bits per heavy atom. The van der Waals surface area contributed by atoms with Gasteiger partial charge in [-0.2, -0.15) is 0 Å². The third-order valence-corrected chi connectivity index (χ3v) is 6.04. The van der Waals surface area contributed by atoms with Gasteiger partial charge in [0, 0.05) is 6.04 Å². The first kappa shape index (κ1) is 19.2. The number of hydrogen-bond donors (Lipinski definition) is 1. The van der Waals surface area contributed by atoms with Gasteiger partial charge in [-0.15, -0.1) is 10.2 Å². The Hall–Kier alpha value is -1.53. The zero-order valence-electron chi connectivity index (χ0n) is 15.5. The van der Waals surface area contributed by atoms with Crippen LogP contribution in [0.5, 0.6) is 0 Å². The molecule has 0 saturated heterocycles. The summed E-state index contributed by atoms with van der Waals surface area (Å²) in [5, 5.41) is 12.9. The van der Waals surface area contributed by atoms with Crippen molar-refractivity contribution in [1.82, 2.24) is 14.8 Å². The quantitative estimate of drug-likeness (QED) is 0.719. The maximum absolute atomic E-state index is 12.4. The van der Waals surface area contributed by atoms with Gasteiger partial charge in [0.1, 0.15) is 5.82 Å². The Morgan fingerprint density at radius 2 is 1.96 bits per heavy atom. The van der Waals surface area contributed by atoms with Crippen molar-refractivity contribution in [1.29, 1.82) is 0 Å². The van der Waals surface area contributed by atoms with Crippen molar-refractivity contribution in [3.63, 3.8) is 0 Å². The molecule has 1 amide bonds. The molecule has 140 valence electrons. The average molecular weight is 393 g/mol. The Labute approximate surface area is 163 Å². The molecule has 5 nitrogen and oxygen atoms in total. The van der Waals surface area contributed by atoms with E-state index in [-0.39, 0.29) is 11.7 Å². The van der Waals surface area contributed by atoms with Gasteiger partial charge in [0.2, 0.25) is 5.91 Å². The molecule has 0 spiro atoms. The lowest BCUT2D eigenvalue weighted by Crippen LogP contribution is -2.18. The van der Waals surface area contributed by atoms with Crippen molar-refractivity contribution in [2.45, 2.75) is 64.1 Å². The van der Waals surface area contributed by atoms with Crippen LogP contribution in [0, 0.1) is 20.8 Å². The molecule has 0 unspecified atom stereocenters. The van der Waals surface area contributed by atoms with Crippen molar-refractivity contribution < 1.29 is 4.79 Å². The Kier molecular flexibility index (Phi) is 6.24. The minimum absolute atomic E-state index is 0.0836. The molecule has 0 aliphatic heterocycles. The number of anilines is 1. The summed E-state index contributed by atoms with van der Waals surface area (Å²) < 4.78 is 2.21. The highest BCUT2D eigenvalue weighted by atomic mass is 35.5. The predicted molar refractivity (Wildman–Crippen MR) is 107 cm³/mol. The maximum Gasteiger partial charge on any atom is 0.234 e. The molecule has 0 bridgehead atoms. The monoisotopic (exact) mass is 392 g/mol. The van der Waals surface area contributed by atoms with Crippen LogP contribution in [0.1, 0.15) is 55.1 Å². The number of carbonyl (C=O) groups excluding carboxylic acids is 1. The largest absolute Gasteiger partial charge is 0.324 e. The molecule has 1 saturated carbocycles. The summed E-state index contributed by atoms with van der Waals surface area (Å²) in [6.45, 7) is 5.92. The second-order valence-electron chi connectivity index (χ2n) is 6.97. The molecule has 1 N–H and O–H groups in total. The lowest BCUT2D eigenvalue weighted by molar-refractivity contribution is -0.113. The smallest absolute Gasteiger partial charge is 0.234 e. The van der Waals surface area contributed by atoms with E-state index >= 15 is 0 Å². The first-order valence-corrected chi connectivity index (χ1v) is 10.4. The molecule has 1 aliphatic rings. The van der Waals surface area contributed by atoms with E-state index in [9.17, 15) is 4.79 Å². The van der Waals surface area contributed by atoms with Crippen LogP contribution >= 0.6 is 23.4 Å². The number of halogens is 1. The van der Waals surface area contributed by atoms with Crippen molar-refractivity contribution in [2.24, 2.45) is 0 Å². The maximum atomic E-state index is 12.4. The van der Waals surface area contributed by atoms with Crippen LogP contribution in [0.2, 0.25) is 5.02 Å². The second-order valence-corrected chi connectivity index (χ2v) is 8.32. The van der Waals surface area contributed by atoms with Gasteiger partial charge in [-0.3, -0.25) is 4.79 Å². The summed E-state index contributed by atoms with van der Waals surface area (Å²) in [4.78, 5) is 12.4. The normalized spacial score (nSPS) is 15.2. The number of aromatic nitrogens is 3. The van der Waals surface area contributed by atoms with E-state index in [1.807, 2.05) is 32.9 Å². The van der Waals surface area contributed by atoms with E-state index in [0.29, 0.717) is 16.8 Å². The van der Waals surface area contributed by atoms with Crippen molar-refractivity contribution >= 4 is 35.0 Å². The molecule has 3 rings (SSSR count). The van der Waals surface area contributed by atoms with E-state index in [1.165, 1.54) is 31.0 Å². The van der Waals surface area contributed by atoms with E-state index in [2.05, 4.69) is 20.1 Å². The number of nitrogens with one attached hydrogen (secondary N) is 1. The summed E-state index contributed by atoms with van der Waals surface area (Å²) in [5.41, 5.74) is 2.73. The standard InChI is InChI=1S/C19H25ClN4OS/c1-12-9-13(2)18(16(20)10-12)21-17(25)11-26-19-23-22-14(3)24(19)15-7-5-4-6-8-15/h9-10,15H,4-8,11H2,1-3H3,(H,21,25). The third kappa shape index (κ3) is 4.41. The van der Waals surface area contributed by atoms with Gasteiger partial charge >= 0.3 is 0 Å². The Morgan fingerprint density at radius 3 is 2.65 bits per heavy atom. The molecule has 2 aromatic rings. The third-order valence-electron chi connectivity index (χ3n) is 4.80. The lowest BCUT2D eigenvalue weighted by atomic mass is 9.95. The van der Waals surface area contributed by atoms with Gasteiger partial charge < -0.3 is 9.88 Å². The first-order chi connectivity index (χ1) is 12.5. The van der Waals surface area contributed by atoms with Crippen LogP contribution in [0.15, 0.2) is 17.3 Å². The summed E-state index contributed by atoms with van der Waals surface area (Å²) in [5.74, 6) is 1.13. The van der Waals surface area contributed by atoms with Crippen molar-refractivity contribution in [3.8, 4) is 0 Å². The first-order valence-electron chi connectivity index (χ1n) is 9.06. The summed E-state index contributed by atoms with van der Waals surface area (Å²) >= 11 is 7.72. The van der Waals surface area contributed by atoms with Crippen LogP contribution in [-0.4, -0.2) is 26.4 Å². The number of hydrogen-bond acceptors (Lipinski definition) is 4. The van der Waals surface area contributed by atoms with Gasteiger partial charge in [-0.25, -0.2) is 0 Å². The van der Waals surface area contributed by atoms with Gasteiger partial charge in [0.05, 0.1) is 16.5 Å². The Bertz CT molecular complexity index is 776. The Balaban J connectivity index is 1.65. The summed E-state index contributed by atoms with van der Waals surface area (Å²) in [6.07, 6.45) is 6.13. The number of carbonyl (C=O) groups is 1. The zero-order chi connectivity index (χ0) is 18.7. The molecular formula is C19H25ClN4OS. The number of benzene rings is 1. The molecule has 1 fully saturated rings. The number of rotatable bonds is 5. The lowest BCUT2D eigenvalue weighted by Gasteiger charge is -2.24. The highest BCUT2D eigenvalue weighted by Gasteiger charge is 2.22. The van der Waals surface area contributed by atoms with E-state index in [4.69, 9.17) is 11.6 Å². The van der Waals surface area contributed by atoms with E-state index in [0.717, 1.165) is 34.9 Å². The molecule has 0 radical (unpaired) electrons. The number of aryl methyl sites for hydroxylation is 3. The highest BCUT2D eigenvalue weighted by Crippen LogP contribution is 2.33. The fourth-order valence-corrected chi connectivity index (χ4v) is 4.81. The summed E-state index contributed by atoms with van der Waals surface area (Å²) in [7, 11) is 0. The van der Waals surface area contributed by atoms with Crippen molar-refractivity contribution in [2.75, 3.05) is 11.1 Å². The molecule has 0 atom stereocenters. The topological polar surface area (TPSA) is 59.8 Å². The predicted octanol–water partition coefficient (Wildman–Crippen LogP) is 5.09. The molecule has 26 heavy (non-hydrogen) atoms.